The Hall–Kier alpha value is -4.24. The number of hydrogen-bond donors (Lipinski definition) is 2. The first-order valence-corrected chi connectivity index (χ1v) is 12.0. The Labute approximate surface area is 196 Å². The molecule has 0 saturated heterocycles. The lowest BCUT2D eigenvalue weighted by atomic mass is 9.87. The second-order valence-corrected chi connectivity index (χ2v) is 9.43. The average Bonchev–Trinajstić information content (AvgIpc) is 2.82. The second-order valence-electron chi connectivity index (χ2n) is 7.75. The number of anilines is 2. The number of sulfonamides is 1. The lowest BCUT2D eigenvalue weighted by molar-refractivity contribution is -0.116. The number of amides is 1. The van der Waals surface area contributed by atoms with Gasteiger partial charge in [-0.1, -0.05) is 36.4 Å². The number of carbonyl (C=O) groups excluding carboxylic acids is 1. The van der Waals surface area contributed by atoms with Crippen molar-refractivity contribution >= 4 is 27.6 Å². The highest BCUT2D eigenvalue weighted by Crippen LogP contribution is 2.44. The molecule has 34 heavy (non-hydrogen) atoms. The molecule has 8 nitrogen and oxygen atoms in total. The molecule has 0 radical (unpaired) electrons. The van der Waals surface area contributed by atoms with Crippen molar-refractivity contribution in [3.05, 3.63) is 102 Å². The molecule has 1 aromatic heterocycles. The number of aromatic nitrogens is 2. The van der Waals surface area contributed by atoms with Crippen LogP contribution in [0.25, 0.3) is 0 Å². The summed E-state index contributed by atoms with van der Waals surface area (Å²) in [6.45, 7) is 1.74. The highest BCUT2D eigenvalue weighted by molar-refractivity contribution is 7.92. The Balaban J connectivity index is 1.37. The van der Waals surface area contributed by atoms with E-state index in [9.17, 15) is 13.2 Å². The van der Waals surface area contributed by atoms with E-state index in [0.29, 0.717) is 22.9 Å². The standard InChI is InChI=1S/C25H20N4O4S/c1-16-14-15-26-25(27-16)29-34(31,32)18-12-10-17(11-13-18)28-24(30)23-19-6-2-4-8-21(19)33-22-9-5-3-7-20(22)23/h2-15,23H,1H3,(H,28,30)(H,26,27,29). The molecule has 2 heterocycles. The minimum Gasteiger partial charge on any atom is -0.457 e. The molecule has 0 atom stereocenters. The molecule has 3 aromatic carbocycles. The first kappa shape index (κ1) is 21.6. The summed E-state index contributed by atoms with van der Waals surface area (Å²) in [7, 11) is -3.88. The predicted molar refractivity (Wildman–Crippen MR) is 127 cm³/mol. The van der Waals surface area contributed by atoms with Gasteiger partial charge < -0.3 is 10.1 Å². The number of nitrogens with zero attached hydrogens (tertiary/aromatic N) is 2. The van der Waals surface area contributed by atoms with Crippen LogP contribution < -0.4 is 14.8 Å². The van der Waals surface area contributed by atoms with E-state index in [0.717, 1.165) is 11.1 Å². The summed E-state index contributed by atoms with van der Waals surface area (Å²) in [6.07, 6.45) is 1.48. The van der Waals surface area contributed by atoms with E-state index in [2.05, 4.69) is 20.0 Å². The van der Waals surface area contributed by atoms with Crippen LogP contribution in [0, 0.1) is 6.92 Å². The van der Waals surface area contributed by atoms with Gasteiger partial charge in [0.25, 0.3) is 10.0 Å². The number of rotatable bonds is 5. The molecule has 0 bridgehead atoms. The Kier molecular flexibility index (Phi) is 5.46. The molecule has 1 amide bonds. The smallest absolute Gasteiger partial charge is 0.264 e. The highest BCUT2D eigenvalue weighted by Gasteiger charge is 2.32. The molecule has 1 aliphatic rings. The van der Waals surface area contributed by atoms with Gasteiger partial charge in [0.05, 0.1) is 10.8 Å². The number of hydrogen-bond acceptors (Lipinski definition) is 6. The SMILES string of the molecule is Cc1ccnc(NS(=O)(=O)c2ccc(NC(=O)C3c4ccccc4Oc4ccccc43)cc2)n1. The molecule has 0 saturated carbocycles. The molecule has 170 valence electrons. The molecule has 1 aliphatic heterocycles. The Morgan fingerprint density at radius 2 is 1.50 bits per heavy atom. The van der Waals surface area contributed by atoms with Gasteiger partial charge in [0, 0.05) is 28.7 Å². The van der Waals surface area contributed by atoms with Crippen molar-refractivity contribution in [2.45, 2.75) is 17.7 Å². The van der Waals surface area contributed by atoms with Crippen LogP contribution in [0.5, 0.6) is 11.5 Å². The van der Waals surface area contributed by atoms with Gasteiger partial charge in [-0.3, -0.25) is 4.79 Å². The van der Waals surface area contributed by atoms with Crippen LogP contribution in [-0.2, 0) is 14.8 Å². The lowest BCUT2D eigenvalue weighted by Gasteiger charge is -2.27. The Bertz CT molecular complexity index is 1440. The third-order valence-electron chi connectivity index (χ3n) is 5.39. The van der Waals surface area contributed by atoms with E-state index in [1.54, 1.807) is 25.1 Å². The zero-order chi connectivity index (χ0) is 23.7. The maximum atomic E-state index is 13.3. The number of ether oxygens (including phenoxy) is 1. The summed E-state index contributed by atoms with van der Waals surface area (Å²) >= 11 is 0. The number of benzene rings is 3. The van der Waals surface area contributed by atoms with Gasteiger partial charge in [0.1, 0.15) is 11.5 Å². The first-order chi connectivity index (χ1) is 16.4. The molecular weight excluding hydrogens is 452 g/mol. The fourth-order valence-corrected chi connectivity index (χ4v) is 4.75. The summed E-state index contributed by atoms with van der Waals surface area (Å²) in [4.78, 5) is 21.3. The monoisotopic (exact) mass is 472 g/mol. The van der Waals surface area contributed by atoms with Gasteiger partial charge in [-0.15, -0.1) is 0 Å². The quantitative estimate of drug-likeness (QED) is 0.444. The molecule has 9 heteroatoms. The number of aryl methyl sites for hydroxylation is 1. The van der Waals surface area contributed by atoms with Gasteiger partial charge in [0.15, 0.2) is 0 Å². The zero-order valence-corrected chi connectivity index (χ0v) is 18.9. The molecule has 5 rings (SSSR count). The minimum absolute atomic E-state index is 0.00535. The van der Waals surface area contributed by atoms with Crippen LogP contribution in [0.3, 0.4) is 0 Å². The molecule has 0 aliphatic carbocycles. The molecule has 0 fully saturated rings. The maximum absolute atomic E-state index is 13.3. The topological polar surface area (TPSA) is 110 Å². The van der Waals surface area contributed by atoms with Gasteiger partial charge in [-0.2, -0.15) is 0 Å². The minimum atomic E-state index is -3.88. The number of fused-ring (bicyclic) bond motifs is 2. The van der Waals surface area contributed by atoms with Crippen LogP contribution in [-0.4, -0.2) is 24.3 Å². The van der Waals surface area contributed by atoms with Crippen LogP contribution >= 0.6 is 0 Å². The van der Waals surface area contributed by atoms with Crippen molar-refractivity contribution in [2.24, 2.45) is 0 Å². The molecule has 2 N–H and O–H groups in total. The summed E-state index contributed by atoms with van der Waals surface area (Å²) in [5.41, 5.74) is 2.64. The average molecular weight is 473 g/mol. The van der Waals surface area contributed by atoms with Crippen molar-refractivity contribution in [1.82, 2.24) is 9.97 Å². The lowest BCUT2D eigenvalue weighted by Crippen LogP contribution is -2.25. The van der Waals surface area contributed by atoms with Crippen molar-refractivity contribution in [3.8, 4) is 11.5 Å². The molecule has 0 unspecified atom stereocenters. The second kappa shape index (κ2) is 8.60. The summed E-state index contributed by atoms with van der Waals surface area (Å²) < 4.78 is 33.7. The summed E-state index contributed by atoms with van der Waals surface area (Å²) in [5, 5.41) is 2.89. The first-order valence-electron chi connectivity index (χ1n) is 10.5. The van der Waals surface area contributed by atoms with Crippen molar-refractivity contribution in [3.63, 3.8) is 0 Å². The third kappa shape index (κ3) is 4.20. The van der Waals surface area contributed by atoms with Crippen LogP contribution in [0.15, 0.2) is 90.0 Å². The van der Waals surface area contributed by atoms with Crippen LogP contribution in [0.4, 0.5) is 11.6 Å². The van der Waals surface area contributed by atoms with Gasteiger partial charge in [-0.05, 0) is 49.4 Å². The normalized spacial score (nSPS) is 12.7. The highest BCUT2D eigenvalue weighted by atomic mass is 32.2. The van der Waals surface area contributed by atoms with Gasteiger partial charge >= 0.3 is 0 Å². The van der Waals surface area contributed by atoms with Gasteiger partial charge in [0.2, 0.25) is 11.9 Å². The fraction of sp³-hybridized carbons (Fsp3) is 0.0800. The van der Waals surface area contributed by atoms with E-state index in [1.807, 2.05) is 48.5 Å². The molecule has 0 spiro atoms. The van der Waals surface area contributed by atoms with Crippen molar-refractivity contribution < 1.29 is 17.9 Å². The fourth-order valence-electron chi connectivity index (χ4n) is 3.80. The maximum Gasteiger partial charge on any atom is 0.264 e. The van der Waals surface area contributed by atoms with Crippen molar-refractivity contribution in [1.29, 1.82) is 0 Å². The Morgan fingerprint density at radius 1 is 0.882 bits per heavy atom. The Morgan fingerprint density at radius 3 is 2.12 bits per heavy atom. The van der Waals surface area contributed by atoms with E-state index in [-0.39, 0.29) is 16.8 Å². The zero-order valence-electron chi connectivity index (χ0n) is 18.1. The number of carbonyl (C=O) groups is 1. The molecular formula is C25H20N4O4S. The predicted octanol–water partition coefficient (Wildman–Crippen LogP) is 4.46. The molecule has 4 aromatic rings. The summed E-state index contributed by atoms with van der Waals surface area (Å²) in [5.74, 6) is 0.448. The summed E-state index contributed by atoms with van der Waals surface area (Å²) in [6, 6.07) is 22.4. The van der Waals surface area contributed by atoms with E-state index < -0.39 is 15.9 Å². The van der Waals surface area contributed by atoms with Gasteiger partial charge in [-0.25, -0.2) is 23.1 Å². The van der Waals surface area contributed by atoms with Crippen LogP contribution in [0.2, 0.25) is 0 Å². The third-order valence-corrected chi connectivity index (χ3v) is 6.74. The number of para-hydroxylation sites is 2. The van der Waals surface area contributed by atoms with Crippen LogP contribution in [0.1, 0.15) is 22.7 Å². The number of nitrogens with one attached hydrogen (secondary N) is 2. The van der Waals surface area contributed by atoms with E-state index in [1.165, 1.54) is 18.3 Å². The van der Waals surface area contributed by atoms with E-state index in [4.69, 9.17) is 4.74 Å². The van der Waals surface area contributed by atoms with Crippen molar-refractivity contribution in [2.75, 3.05) is 10.0 Å². The van der Waals surface area contributed by atoms with E-state index >= 15 is 0 Å². The largest absolute Gasteiger partial charge is 0.457 e.